The number of aliphatic hydroxyl groups is 2. The molecule has 1 unspecified atom stereocenters. The lowest BCUT2D eigenvalue weighted by Crippen LogP contribution is -2.66. The van der Waals surface area contributed by atoms with Crippen LogP contribution in [0.25, 0.3) is 0 Å². The van der Waals surface area contributed by atoms with Gasteiger partial charge >= 0.3 is 5.97 Å². The lowest BCUT2D eigenvalue weighted by molar-refractivity contribution is -0.238. The fraction of sp³-hybridized carbons (Fsp3) is 0.962. The summed E-state index contributed by atoms with van der Waals surface area (Å²) in [5, 5.41) is 31.3. The van der Waals surface area contributed by atoms with Gasteiger partial charge in [-0.05, 0) is 103 Å². The highest BCUT2D eigenvalue weighted by Crippen LogP contribution is 2.72. The Labute approximate surface area is 182 Å². The van der Waals surface area contributed by atoms with Crippen molar-refractivity contribution >= 4 is 5.97 Å². The second kappa shape index (κ2) is 7.47. The van der Waals surface area contributed by atoms with Crippen molar-refractivity contribution in [3.8, 4) is 0 Å². The fourth-order valence-corrected chi connectivity index (χ4v) is 9.54. The fourth-order valence-electron chi connectivity index (χ4n) is 9.54. The van der Waals surface area contributed by atoms with Gasteiger partial charge in [0.15, 0.2) is 0 Å². The van der Waals surface area contributed by atoms with Crippen LogP contribution >= 0.6 is 0 Å². The molecular formula is C26H44O4. The number of carboxylic acid groups (broad SMARTS) is 1. The Morgan fingerprint density at radius 3 is 2.37 bits per heavy atom. The molecule has 0 aromatic rings. The maximum atomic E-state index is 11.7. The Kier molecular flexibility index (Phi) is 5.62. The van der Waals surface area contributed by atoms with Gasteiger partial charge in [-0.1, -0.05) is 34.6 Å². The summed E-state index contributed by atoms with van der Waals surface area (Å²) >= 11 is 0. The van der Waals surface area contributed by atoms with Gasteiger partial charge in [-0.15, -0.1) is 0 Å². The average Bonchev–Trinajstić information content (AvgIpc) is 3.03. The molecule has 0 aromatic carbocycles. The molecule has 172 valence electrons. The van der Waals surface area contributed by atoms with Gasteiger partial charge in [0, 0.05) is 6.42 Å². The van der Waals surface area contributed by atoms with Gasteiger partial charge in [-0.3, -0.25) is 4.79 Å². The summed E-state index contributed by atoms with van der Waals surface area (Å²) in [4.78, 5) is 11.1. The molecule has 0 aliphatic heterocycles. The zero-order valence-corrected chi connectivity index (χ0v) is 19.7. The molecule has 0 radical (unpaired) electrons. The van der Waals surface area contributed by atoms with Crippen LogP contribution in [0, 0.1) is 51.8 Å². The van der Waals surface area contributed by atoms with E-state index >= 15 is 0 Å². The van der Waals surface area contributed by atoms with Crippen LogP contribution in [0.15, 0.2) is 0 Å². The second-order valence-electron chi connectivity index (χ2n) is 12.4. The Morgan fingerprint density at radius 1 is 1.00 bits per heavy atom. The first-order valence-electron chi connectivity index (χ1n) is 12.5. The molecule has 4 fully saturated rings. The van der Waals surface area contributed by atoms with Crippen molar-refractivity contribution < 1.29 is 20.1 Å². The smallest absolute Gasteiger partial charge is 0.303 e. The van der Waals surface area contributed by atoms with Gasteiger partial charge in [0.25, 0.3) is 0 Å². The topological polar surface area (TPSA) is 77.8 Å². The molecule has 30 heavy (non-hydrogen) atoms. The first-order chi connectivity index (χ1) is 14.0. The molecule has 0 saturated heterocycles. The van der Waals surface area contributed by atoms with Gasteiger partial charge in [0.1, 0.15) is 0 Å². The molecule has 4 heteroatoms. The van der Waals surface area contributed by atoms with Crippen LogP contribution in [0.2, 0.25) is 0 Å². The van der Waals surface area contributed by atoms with Crippen LogP contribution in [0.4, 0.5) is 0 Å². The van der Waals surface area contributed by atoms with Crippen LogP contribution in [0.1, 0.15) is 92.4 Å². The minimum absolute atomic E-state index is 0.00816. The van der Waals surface area contributed by atoms with Crippen molar-refractivity contribution in [3.05, 3.63) is 0 Å². The molecule has 3 N–H and O–H groups in total. The van der Waals surface area contributed by atoms with E-state index in [0.717, 1.165) is 25.7 Å². The second-order valence-corrected chi connectivity index (χ2v) is 12.4. The van der Waals surface area contributed by atoms with E-state index in [4.69, 9.17) is 5.11 Å². The minimum Gasteiger partial charge on any atom is -0.481 e. The highest BCUT2D eigenvalue weighted by Gasteiger charge is 2.68. The number of carbonyl (C=O) groups is 1. The standard InChI is InChI=1S/C26H44O4/c1-15(6-9-21(28)29)18-7-8-19-22-20(11-12-24(18,19)3)25(4)13-10-17(27)14-26(25,5)16(2)23(22)30/h15-20,22-23,27,30H,6-14H2,1-5H3,(H,28,29)/t15-,16+,17-,18-,19+,20+,22+,23-,24-,25-,26?/m1/s1. The highest BCUT2D eigenvalue weighted by atomic mass is 16.4. The molecule has 4 rings (SSSR count). The summed E-state index contributed by atoms with van der Waals surface area (Å²) in [6.45, 7) is 11.8. The van der Waals surface area contributed by atoms with E-state index in [9.17, 15) is 15.0 Å². The first kappa shape index (κ1) is 22.6. The van der Waals surface area contributed by atoms with Gasteiger partial charge in [-0.25, -0.2) is 0 Å². The third-order valence-electron chi connectivity index (χ3n) is 11.6. The monoisotopic (exact) mass is 420 g/mol. The van der Waals surface area contributed by atoms with Gasteiger partial charge in [-0.2, -0.15) is 0 Å². The van der Waals surface area contributed by atoms with Crippen LogP contribution in [0.3, 0.4) is 0 Å². The summed E-state index contributed by atoms with van der Waals surface area (Å²) in [6, 6.07) is 0. The van der Waals surface area contributed by atoms with Crippen molar-refractivity contribution in [2.75, 3.05) is 0 Å². The number of hydrogen-bond acceptors (Lipinski definition) is 3. The molecular weight excluding hydrogens is 376 g/mol. The number of carboxylic acids is 1. The average molecular weight is 421 g/mol. The van der Waals surface area contributed by atoms with E-state index in [0.29, 0.717) is 29.6 Å². The van der Waals surface area contributed by atoms with Crippen molar-refractivity contribution in [1.29, 1.82) is 0 Å². The molecule has 0 heterocycles. The summed E-state index contributed by atoms with van der Waals surface area (Å²) in [5.74, 6) is 1.93. The van der Waals surface area contributed by atoms with E-state index < -0.39 is 5.97 Å². The molecule has 4 aliphatic rings. The van der Waals surface area contributed by atoms with E-state index in [1.54, 1.807) is 0 Å². The van der Waals surface area contributed by atoms with Gasteiger partial charge in [0.2, 0.25) is 0 Å². The van der Waals surface area contributed by atoms with Crippen molar-refractivity contribution in [2.24, 2.45) is 51.8 Å². The molecule has 0 amide bonds. The van der Waals surface area contributed by atoms with E-state index in [1.807, 2.05) is 0 Å². The molecule has 0 aromatic heterocycles. The number of rotatable bonds is 4. The molecule has 4 nitrogen and oxygen atoms in total. The third-order valence-corrected chi connectivity index (χ3v) is 11.6. The van der Waals surface area contributed by atoms with Crippen molar-refractivity contribution in [2.45, 2.75) is 105 Å². The van der Waals surface area contributed by atoms with E-state index in [2.05, 4.69) is 34.6 Å². The Hall–Kier alpha value is -0.610. The summed E-state index contributed by atoms with van der Waals surface area (Å²) in [6.07, 6.45) is 8.04. The van der Waals surface area contributed by atoms with Gasteiger partial charge < -0.3 is 15.3 Å². The van der Waals surface area contributed by atoms with E-state index in [1.165, 1.54) is 25.7 Å². The predicted molar refractivity (Wildman–Crippen MR) is 118 cm³/mol. The highest BCUT2D eigenvalue weighted by molar-refractivity contribution is 5.66. The number of fused-ring (bicyclic) bond motifs is 5. The summed E-state index contributed by atoms with van der Waals surface area (Å²) in [7, 11) is 0. The Bertz CT molecular complexity index is 678. The summed E-state index contributed by atoms with van der Waals surface area (Å²) in [5.41, 5.74) is 0.397. The molecule has 4 saturated carbocycles. The minimum atomic E-state index is -0.687. The van der Waals surface area contributed by atoms with E-state index in [-0.39, 0.29) is 40.8 Å². The number of aliphatic hydroxyl groups excluding tert-OH is 2. The number of hydrogen-bond donors (Lipinski definition) is 3. The largest absolute Gasteiger partial charge is 0.481 e. The normalized spacial score (nSPS) is 54.0. The maximum Gasteiger partial charge on any atom is 0.303 e. The Morgan fingerprint density at radius 2 is 1.70 bits per heavy atom. The van der Waals surface area contributed by atoms with Crippen molar-refractivity contribution in [3.63, 3.8) is 0 Å². The Balaban J connectivity index is 1.63. The molecule has 4 aliphatic carbocycles. The zero-order valence-electron chi connectivity index (χ0n) is 19.7. The summed E-state index contributed by atoms with van der Waals surface area (Å²) < 4.78 is 0. The predicted octanol–water partition coefficient (Wildman–Crippen LogP) is 5.11. The van der Waals surface area contributed by atoms with Gasteiger partial charge in [0.05, 0.1) is 12.2 Å². The van der Waals surface area contributed by atoms with Crippen molar-refractivity contribution in [1.82, 2.24) is 0 Å². The SMILES string of the molecule is C[C@H](CCC(=O)O)[C@H]1CC[C@H]2[C@@H]3[C@H](O)[C@H](C)C4(C)C[C@H](O)CC[C@]4(C)[C@H]3CC[C@]12C. The first-order valence-corrected chi connectivity index (χ1v) is 12.5. The molecule has 11 atom stereocenters. The lowest BCUT2D eigenvalue weighted by Gasteiger charge is -2.68. The number of aliphatic carboxylic acids is 1. The van der Waals surface area contributed by atoms with Crippen LogP contribution in [-0.4, -0.2) is 33.5 Å². The molecule has 0 spiro atoms. The quantitative estimate of drug-likeness (QED) is 0.590. The van der Waals surface area contributed by atoms with Crippen LogP contribution < -0.4 is 0 Å². The third kappa shape index (κ3) is 3.03. The zero-order chi connectivity index (χ0) is 22.1. The van der Waals surface area contributed by atoms with Crippen LogP contribution in [-0.2, 0) is 4.79 Å². The van der Waals surface area contributed by atoms with Crippen LogP contribution in [0.5, 0.6) is 0 Å². The molecule has 0 bridgehead atoms. The maximum absolute atomic E-state index is 11.7. The lowest BCUT2D eigenvalue weighted by atomic mass is 9.37.